The van der Waals surface area contributed by atoms with E-state index in [4.69, 9.17) is 35.3 Å². The van der Waals surface area contributed by atoms with Crippen LogP contribution in [0, 0.1) is 20.2 Å². The molecule has 0 aliphatic rings. The molecule has 23 heteroatoms. The van der Waals surface area contributed by atoms with Gasteiger partial charge in [0.2, 0.25) is 5.78 Å². The third-order valence-electron chi connectivity index (χ3n) is 17.4. The van der Waals surface area contributed by atoms with Gasteiger partial charge in [-0.1, -0.05) is 146 Å². The second-order valence-electron chi connectivity index (χ2n) is 25.5. The number of nitrogen functional groups attached to an aromatic ring is 1. The molecule has 0 saturated carbocycles. The molecule has 0 fully saturated rings. The molecular weight excluding hydrogens is 1490 g/mol. The summed E-state index contributed by atoms with van der Waals surface area (Å²) >= 11 is 0. The van der Waals surface area contributed by atoms with Crippen molar-refractivity contribution in [3.05, 3.63) is 365 Å². The minimum absolute atomic E-state index is 0. The molecule has 0 amide bonds. The normalized spacial score (nSPS) is 10.7. The summed E-state index contributed by atoms with van der Waals surface area (Å²) in [5.74, 6) is 10.1. The molecule has 0 bridgehead atoms. The number of benzene rings is 12. The van der Waals surface area contributed by atoms with Crippen molar-refractivity contribution in [2.24, 2.45) is 11.6 Å². The highest BCUT2D eigenvalue weighted by Gasteiger charge is 2.29. The maximum Gasteiger partial charge on any atom is 0.378 e. The third-order valence-corrected chi connectivity index (χ3v) is 17.4. The number of carbonyl (C=O) groups excluding carboxylic acids is 5. The van der Waals surface area contributed by atoms with E-state index in [9.17, 15) is 39.4 Å². The number of hydrazine groups is 1. The van der Waals surface area contributed by atoms with E-state index in [1.165, 1.54) is 19.2 Å². The molecule has 15 aromatic rings. The Hall–Kier alpha value is -14.6. The van der Waals surface area contributed by atoms with Gasteiger partial charge < -0.3 is 54.6 Å². The number of aromatic nitrogens is 3. The van der Waals surface area contributed by atoms with Crippen LogP contribution in [-0.4, -0.2) is 80.1 Å². The van der Waals surface area contributed by atoms with E-state index in [-0.39, 0.29) is 37.0 Å². The predicted molar refractivity (Wildman–Crippen MR) is 458 cm³/mol. The Labute approximate surface area is 676 Å². The summed E-state index contributed by atoms with van der Waals surface area (Å²) in [6.45, 7) is 7.39. The topological polar surface area (TPSA) is 329 Å². The smallest absolute Gasteiger partial charge is 0.378 e. The van der Waals surface area contributed by atoms with Gasteiger partial charge in [0, 0.05) is 77.8 Å². The summed E-state index contributed by atoms with van der Waals surface area (Å²) in [6.07, 6.45) is 0.529. The second kappa shape index (κ2) is 45.1. The Bertz CT molecular complexity index is 5540. The first-order valence-corrected chi connectivity index (χ1v) is 36.5. The van der Waals surface area contributed by atoms with E-state index in [1.54, 1.807) is 38.1 Å². The summed E-state index contributed by atoms with van der Waals surface area (Å²) < 4.78 is 27.4. The summed E-state index contributed by atoms with van der Waals surface area (Å²) in [4.78, 5) is 82.9. The first-order valence-electron chi connectivity index (χ1n) is 36.5. The molecular formula is C93H87ClN8O14. The zero-order valence-corrected chi connectivity index (χ0v) is 64.9. The van der Waals surface area contributed by atoms with E-state index >= 15 is 0 Å². The van der Waals surface area contributed by atoms with Crippen LogP contribution in [-0.2, 0) is 36.8 Å². The minimum atomic E-state index is -1.27. The number of anilines is 1. The van der Waals surface area contributed by atoms with Gasteiger partial charge in [0.25, 0.3) is 12.6 Å². The van der Waals surface area contributed by atoms with Gasteiger partial charge in [-0.05, 0) is 237 Å². The Morgan fingerprint density at radius 2 is 0.776 bits per heavy atom. The van der Waals surface area contributed by atoms with Crippen molar-refractivity contribution < 1.29 is 57.5 Å². The number of rotatable bonds is 23. The van der Waals surface area contributed by atoms with Crippen molar-refractivity contribution in [1.82, 2.24) is 15.0 Å². The molecule has 22 nitrogen and oxygen atoms in total. The van der Waals surface area contributed by atoms with E-state index in [0.717, 1.165) is 118 Å². The number of aromatic amines is 3. The van der Waals surface area contributed by atoms with Crippen molar-refractivity contribution >= 4 is 80.9 Å². The lowest BCUT2D eigenvalue weighted by atomic mass is 9.97. The van der Waals surface area contributed by atoms with Gasteiger partial charge in [-0.3, -0.25) is 40.5 Å². The number of halogens is 1. The summed E-state index contributed by atoms with van der Waals surface area (Å²) in [7, 11) is 0. The molecule has 3 heterocycles. The number of H-pyrrole nitrogens is 3. The molecule has 0 radical (unpaired) electrons. The van der Waals surface area contributed by atoms with Crippen molar-refractivity contribution in [3.63, 3.8) is 0 Å². The van der Waals surface area contributed by atoms with Crippen molar-refractivity contribution in [2.45, 2.75) is 52.6 Å². The lowest BCUT2D eigenvalue weighted by Gasteiger charge is -2.11. The highest BCUT2D eigenvalue weighted by atomic mass is 35.5. The lowest BCUT2D eigenvalue weighted by Crippen LogP contribution is -2.30. The number of Topliss-reactive ketones (excluding diaryl/α,β-unsaturated/α-hetero) is 3. The van der Waals surface area contributed by atoms with E-state index < -0.39 is 40.2 Å². The fourth-order valence-corrected chi connectivity index (χ4v) is 11.7. The monoisotopic (exact) mass is 1570 g/mol. The molecule has 3 aromatic heterocycles. The summed E-state index contributed by atoms with van der Waals surface area (Å²) in [5.41, 5.74) is 21.1. The van der Waals surface area contributed by atoms with E-state index in [1.807, 2.05) is 268 Å². The maximum absolute atomic E-state index is 11.8. The molecule has 0 spiro atoms. The van der Waals surface area contributed by atoms with Crippen LogP contribution in [0.3, 0.4) is 0 Å². The Morgan fingerprint density at radius 1 is 0.431 bits per heavy atom. The number of ketones is 3. The molecule has 0 aliphatic carbocycles. The number of nitrogens with one attached hydrogen (secondary N) is 4. The van der Waals surface area contributed by atoms with Gasteiger partial charge in [-0.2, -0.15) is 0 Å². The number of fused-ring (bicyclic) bond motifs is 3. The molecule has 15 rings (SSSR count). The predicted octanol–water partition coefficient (Wildman–Crippen LogP) is 20.8. The second-order valence-corrected chi connectivity index (χ2v) is 25.5. The number of hydrogen-bond donors (Lipinski definition) is 6. The number of nitrogens with zero attached hydrogens (tertiary/aromatic N) is 2. The van der Waals surface area contributed by atoms with Crippen LogP contribution in [0.2, 0.25) is 0 Å². The molecule has 12 aromatic carbocycles. The zero-order chi connectivity index (χ0) is 81.9. The highest BCUT2D eigenvalue weighted by Crippen LogP contribution is 2.36. The number of nitrogens with two attached hydrogens (primary N) is 2. The Kier molecular flexibility index (Phi) is 33.8. The van der Waals surface area contributed by atoms with Crippen LogP contribution in [0.5, 0.6) is 46.0 Å². The number of hydrogen-bond acceptors (Lipinski definition) is 17. The van der Waals surface area contributed by atoms with Crippen molar-refractivity contribution in [2.75, 3.05) is 18.6 Å². The van der Waals surface area contributed by atoms with Crippen LogP contribution in [0.15, 0.2) is 328 Å². The molecule has 8 N–H and O–H groups in total. The SMILES string of the molecule is C=O.CC(=O)C(Cc1c(-c2ccc(Oc3ccccc3)cc2)[nH]c2ccccc12)[N+](=O)[O-].CC(=O)C(N)Cc1c(-c2ccc(Oc3ccccc3)cc2)[nH]c2ccccc12.CC(=O)c1ccc(Oc2ccccc2)cc1.CCOC(=O)C[N+](=O)[O-].Cl.NNc1ccccc1.c1ccc(Oc2ccc(-c3cc4ccccc4[nH]3)cc2)cc1. The first kappa shape index (κ1) is 87.0. The molecule has 590 valence electrons. The van der Waals surface area contributed by atoms with Gasteiger partial charge >= 0.3 is 5.97 Å². The van der Waals surface area contributed by atoms with Crippen LogP contribution in [0.1, 0.15) is 49.2 Å². The summed E-state index contributed by atoms with van der Waals surface area (Å²) in [5, 5.41) is 24.2. The molecule has 2 unspecified atom stereocenters. The van der Waals surface area contributed by atoms with Crippen molar-refractivity contribution in [3.8, 4) is 79.8 Å². The fraction of sp³-hybridized carbons (Fsp3) is 0.108. The van der Waals surface area contributed by atoms with Crippen molar-refractivity contribution in [1.29, 1.82) is 0 Å². The van der Waals surface area contributed by atoms with Gasteiger partial charge in [-0.15, -0.1) is 12.4 Å². The Morgan fingerprint density at radius 3 is 1.12 bits per heavy atom. The minimum Gasteiger partial charge on any atom is -0.461 e. The van der Waals surface area contributed by atoms with Crippen LogP contribution in [0.25, 0.3) is 66.5 Å². The van der Waals surface area contributed by atoms with E-state index in [0.29, 0.717) is 17.7 Å². The maximum atomic E-state index is 11.8. The molecule has 116 heavy (non-hydrogen) atoms. The van der Waals surface area contributed by atoms with Gasteiger partial charge in [0.1, 0.15) is 58.6 Å². The first-order chi connectivity index (χ1) is 55.9. The number of carbonyl (C=O) groups is 5. The standard InChI is InChI=1S/C24H20N2O4.C24H22N2O2.C20H15NO.C14H12O2.C6H8N2.C4H7NO4.CH2O.ClH/c1-16(27)23(26(28)29)15-21-20-9-5-6-10-22(20)25-24(21)17-11-13-19(14-12-17)30-18-7-3-2-4-8-18;1-16(27)22(25)15-21-20-9-5-6-10-23(20)26-24(21)17-11-13-19(14-12-17)28-18-7-3-2-4-8-18;1-2-7-17(8-3-1)22-18-12-10-15(11-13-18)20-14-16-6-4-5-9-19(16)21-20;1-11(15)12-7-9-14(10-8-12)16-13-5-3-2-4-6-13;7-8-6-4-2-1-3-5-6;1-2-9-4(6)3-5(7)8;1-2;/h2-14,23,25H,15H2,1H3;2-14,22,26H,15,25H2,1H3;1-14,21H;2-10H,1H3;1-5,8H,7H2;2-3H2,1H3;1H2;1H. The number of ether oxygens (including phenoxy) is 5. The molecule has 0 aliphatic heterocycles. The largest absolute Gasteiger partial charge is 0.461 e. The number of esters is 1. The number of para-hydroxylation sites is 8. The lowest BCUT2D eigenvalue weighted by molar-refractivity contribution is -0.506. The highest BCUT2D eigenvalue weighted by molar-refractivity contribution is 5.95. The molecule has 2 atom stereocenters. The fourth-order valence-electron chi connectivity index (χ4n) is 11.7. The average Bonchev–Trinajstić information content (AvgIpc) is 1.64. The Balaban J connectivity index is 0.000000182. The number of nitro groups is 2. The average molecular weight is 1580 g/mol. The zero-order valence-electron chi connectivity index (χ0n) is 64.0. The van der Waals surface area contributed by atoms with Gasteiger partial charge in [-0.25, -0.2) is 4.79 Å². The van der Waals surface area contributed by atoms with E-state index in [2.05, 4.69) is 67.6 Å². The van der Waals surface area contributed by atoms with Crippen LogP contribution < -0.4 is 35.9 Å². The quantitative estimate of drug-likeness (QED) is 0.0114. The third kappa shape index (κ3) is 26.3. The molecule has 0 saturated heterocycles. The summed E-state index contributed by atoms with van der Waals surface area (Å²) in [6, 6.07) is 103. The van der Waals surface area contributed by atoms with Gasteiger partial charge in [0.05, 0.1) is 19.1 Å². The van der Waals surface area contributed by atoms with Gasteiger partial charge in [0.15, 0.2) is 5.78 Å². The van der Waals surface area contributed by atoms with Crippen LogP contribution >= 0.6 is 12.4 Å². The van der Waals surface area contributed by atoms with Crippen LogP contribution in [0.4, 0.5) is 5.69 Å².